The van der Waals surface area contributed by atoms with Gasteiger partial charge in [-0.2, -0.15) is 0 Å². The highest BCUT2D eigenvalue weighted by Gasteiger charge is 2.09. The van der Waals surface area contributed by atoms with E-state index in [2.05, 4.69) is 10.6 Å². The highest BCUT2D eigenvalue weighted by Crippen LogP contribution is 2.24. The first-order valence-corrected chi connectivity index (χ1v) is 6.97. The monoisotopic (exact) mass is 326 g/mol. The van der Waals surface area contributed by atoms with E-state index in [0.29, 0.717) is 10.7 Å². The topological polar surface area (TPSA) is 41.1 Å². The third kappa shape index (κ3) is 4.09. The van der Waals surface area contributed by atoms with Crippen molar-refractivity contribution in [1.82, 2.24) is 0 Å². The molecule has 0 bridgehead atoms. The zero-order valence-corrected chi connectivity index (χ0v) is 12.7. The number of carbonyl (C=O) groups is 1. The molecule has 0 heterocycles. The minimum atomic E-state index is -0.505. The van der Waals surface area contributed by atoms with Crippen LogP contribution in [0, 0.1) is 12.7 Å². The maximum absolute atomic E-state index is 13.5. The number of rotatable bonds is 4. The number of benzene rings is 2. The molecule has 0 saturated heterocycles. The first-order chi connectivity index (χ1) is 9.97. The average molecular weight is 327 g/mol. The third-order valence-electron chi connectivity index (χ3n) is 2.86. The van der Waals surface area contributed by atoms with Crippen molar-refractivity contribution in [2.45, 2.75) is 6.92 Å². The van der Waals surface area contributed by atoms with Gasteiger partial charge in [0.2, 0.25) is 5.91 Å². The highest BCUT2D eigenvalue weighted by molar-refractivity contribution is 6.33. The number of hydrogen-bond acceptors (Lipinski definition) is 2. The van der Waals surface area contributed by atoms with Crippen molar-refractivity contribution < 1.29 is 9.18 Å². The van der Waals surface area contributed by atoms with E-state index in [1.807, 2.05) is 6.92 Å². The smallest absolute Gasteiger partial charge is 0.243 e. The molecule has 0 spiro atoms. The minimum Gasteiger partial charge on any atom is -0.373 e. The second-order valence-electron chi connectivity index (χ2n) is 4.46. The summed E-state index contributed by atoms with van der Waals surface area (Å²) in [6.45, 7) is 1.75. The lowest BCUT2D eigenvalue weighted by Crippen LogP contribution is -2.22. The molecular weight excluding hydrogens is 314 g/mol. The maximum Gasteiger partial charge on any atom is 0.243 e. The first kappa shape index (κ1) is 15.6. The fraction of sp³-hybridized carbons (Fsp3) is 0.133. The molecule has 3 nitrogen and oxygen atoms in total. The number of carbonyl (C=O) groups excluding carboxylic acids is 1. The molecule has 21 heavy (non-hydrogen) atoms. The van der Waals surface area contributed by atoms with E-state index in [9.17, 15) is 9.18 Å². The van der Waals surface area contributed by atoms with Crippen molar-refractivity contribution >= 4 is 40.5 Å². The SMILES string of the molecule is Cc1ccc(Cl)cc1NC(=O)CNc1c(F)cccc1Cl. The molecule has 0 unspecified atom stereocenters. The number of para-hydroxylation sites is 1. The molecule has 0 fully saturated rings. The van der Waals surface area contributed by atoms with Crippen molar-refractivity contribution in [3.8, 4) is 0 Å². The minimum absolute atomic E-state index is 0.105. The number of amides is 1. The van der Waals surface area contributed by atoms with Crippen LogP contribution in [0.3, 0.4) is 0 Å². The van der Waals surface area contributed by atoms with E-state index < -0.39 is 5.82 Å². The van der Waals surface area contributed by atoms with Crippen molar-refractivity contribution in [1.29, 1.82) is 0 Å². The maximum atomic E-state index is 13.5. The molecule has 2 aromatic rings. The lowest BCUT2D eigenvalue weighted by Gasteiger charge is -2.11. The van der Waals surface area contributed by atoms with Gasteiger partial charge in [0.05, 0.1) is 17.3 Å². The fourth-order valence-corrected chi connectivity index (χ4v) is 2.16. The number of hydrogen-bond donors (Lipinski definition) is 2. The van der Waals surface area contributed by atoms with Gasteiger partial charge in [0, 0.05) is 10.7 Å². The standard InChI is InChI=1S/C15H13Cl2FN2O/c1-9-5-6-10(16)7-13(9)20-14(21)8-19-15-11(17)3-2-4-12(15)18/h2-7,19H,8H2,1H3,(H,20,21). The van der Waals surface area contributed by atoms with Crippen LogP contribution >= 0.6 is 23.2 Å². The average Bonchev–Trinajstić information content (AvgIpc) is 2.42. The molecule has 0 aromatic heterocycles. The Labute approximate surface area is 132 Å². The number of nitrogens with one attached hydrogen (secondary N) is 2. The van der Waals surface area contributed by atoms with Gasteiger partial charge in [-0.3, -0.25) is 4.79 Å². The second kappa shape index (κ2) is 6.78. The van der Waals surface area contributed by atoms with Crippen LogP contribution < -0.4 is 10.6 Å². The van der Waals surface area contributed by atoms with E-state index in [-0.39, 0.29) is 23.2 Å². The molecular formula is C15H13Cl2FN2O. The summed E-state index contributed by atoms with van der Waals surface area (Å²) < 4.78 is 13.5. The van der Waals surface area contributed by atoms with Gasteiger partial charge in [0.1, 0.15) is 5.82 Å². The lowest BCUT2D eigenvalue weighted by atomic mass is 10.2. The molecule has 0 saturated carbocycles. The van der Waals surface area contributed by atoms with Crippen LogP contribution in [0.25, 0.3) is 0 Å². The summed E-state index contributed by atoms with van der Waals surface area (Å²) in [6.07, 6.45) is 0. The predicted octanol–water partition coefficient (Wildman–Crippen LogP) is 4.49. The Bertz CT molecular complexity index is 656. The first-order valence-electron chi connectivity index (χ1n) is 6.21. The molecule has 0 aliphatic rings. The molecule has 2 N–H and O–H groups in total. The molecule has 0 aliphatic carbocycles. The molecule has 0 radical (unpaired) electrons. The summed E-state index contributed by atoms with van der Waals surface area (Å²) >= 11 is 11.7. The third-order valence-corrected chi connectivity index (χ3v) is 3.41. The Kier molecular flexibility index (Phi) is 5.04. The van der Waals surface area contributed by atoms with E-state index >= 15 is 0 Å². The van der Waals surface area contributed by atoms with E-state index in [1.54, 1.807) is 24.3 Å². The molecule has 110 valence electrons. The largest absolute Gasteiger partial charge is 0.373 e. The van der Waals surface area contributed by atoms with Gasteiger partial charge < -0.3 is 10.6 Å². The Balaban J connectivity index is 2.01. The van der Waals surface area contributed by atoms with Gasteiger partial charge in [-0.25, -0.2) is 4.39 Å². The van der Waals surface area contributed by atoms with Gasteiger partial charge in [-0.1, -0.05) is 35.3 Å². The van der Waals surface area contributed by atoms with Crippen molar-refractivity contribution in [3.05, 3.63) is 57.8 Å². The van der Waals surface area contributed by atoms with Crippen molar-refractivity contribution in [3.63, 3.8) is 0 Å². The van der Waals surface area contributed by atoms with E-state index in [1.165, 1.54) is 12.1 Å². The normalized spacial score (nSPS) is 10.3. The molecule has 0 aliphatic heterocycles. The number of anilines is 2. The van der Waals surface area contributed by atoms with Gasteiger partial charge in [-0.05, 0) is 36.8 Å². The van der Waals surface area contributed by atoms with Crippen LogP contribution in [0.15, 0.2) is 36.4 Å². The van der Waals surface area contributed by atoms with Crippen LogP contribution in [-0.2, 0) is 4.79 Å². The van der Waals surface area contributed by atoms with Crippen LogP contribution in [0.1, 0.15) is 5.56 Å². The van der Waals surface area contributed by atoms with Gasteiger partial charge in [0.15, 0.2) is 0 Å². The summed E-state index contributed by atoms with van der Waals surface area (Å²) in [5, 5.41) is 6.14. The van der Waals surface area contributed by atoms with Gasteiger partial charge in [-0.15, -0.1) is 0 Å². The molecule has 2 aromatic carbocycles. The summed E-state index contributed by atoms with van der Waals surface area (Å²) in [7, 11) is 0. The van der Waals surface area contributed by atoms with Crippen LogP contribution in [-0.4, -0.2) is 12.5 Å². The molecule has 2 rings (SSSR count). The summed E-state index contributed by atoms with van der Waals surface area (Å²) in [4.78, 5) is 11.9. The van der Waals surface area contributed by atoms with Crippen LogP contribution in [0.2, 0.25) is 10.0 Å². The Hall–Kier alpha value is -1.78. The number of halogens is 3. The molecule has 1 amide bonds. The van der Waals surface area contributed by atoms with E-state index in [4.69, 9.17) is 23.2 Å². The fourth-order valence-electron chi connectivity index (χ4n) is 1.76. The van der Waals surface area contributed by atoms with E-state index in [0.717, 1.165) is 5.56 Å². The summed E-state index contributed by atoms with van der Waals surface area (Å²) in [5.74, 6) is -0.825. The summed E-state index contributed by atoms with van der Waals surface area (Å²) in [6, 6.07) is 9.52. The zero-order valence-electron chi connectivity index (χ0n) is 11.2. The summed E-state index contributed by atoms with van der Waals surface area (Å²) in [5.41, 5.74) is 1.61. The predicted molar refractivity (Wildman–Crippen MR) is 84.7 cm³/mol. The van der Waals surface area contributed by atoms with Crippen LogP contribution in [0.5, 0.6) is 0 Å². The second-order valence-corrected chi connectivity index (χ2v) is 5.30. The van der Waals surface area contributed by atoms with Gasteiger partial charge >= 0.3 is 0 Å². The molecule has 6 heteroatoms. The zero-order chi connectivity index (χ0) is 15.4. The number of aryl methyl sites for hydroxylation is 1. The van der Waals surface area contributed by atoms with Gasteiger partial charge in [0.25, 0.3) is 0 Å². The van der Waals surface area contributed by atoms with Crippen molar-refractivity contribution in [2.75, 3.05) is 17.2 Å². The quantitative estimate of drug-likeness (QED) is 0.869. The highest BCUT2D eigenvalue weighted by atomic mass is 35.5. The Morgan fingerprint density at radius 1 is 1.24 bits per heavy atom. The van der Waals surface area contributed by atoms with Crippen molar-refractivity contribution in [2.24, 2.45) is 0 Å². The Morgan fingerprint density at radius 3 is 2.71 bits per heavy atom. The lowest BCUT2D eigenvalue weighted by molar-refractivity contribution is -0.114. The molecule has 0 atom stereocenters. The van der Waals surface area contributed by atoms with Crippen LogP contribution in [0.4, 0.5) is 15.8 Å². The Morgan fingerprint density at radius 2 is 2.00 bits per heavy atom.